The third-order valence-corrected chi connectivity index (χ3v) is 6.12. The van der Waals surface area contributed by atoms with Crippen LogP contribution in [-0.2, 0) is 13.1 Å². The molecule has 1 atom stereocenters. The molecule has 0 bridgehead atoms. The molecule has 148 valence electrons. The molecule has 29 heavy (non-hydrogen) atoms. The van der Waals surface area contributed by atoms with Crippen LogP contribution in [0.3, 0.4) is 0 Å². The molecule has 1 amide bonds. The van der Waals surface area contributed by atoms with Crippen LogP contribution in [0.5, 0.6) is 0 Å². The predicted molar refractivity (Wildman–Crippen MR) is 112 cm³/mol. The van der Waals surface area contributed by atoms with Crippen molar-refractivity contribution in [3.8, 4) is 0 Å². The summed E-state index contributed by atoms with van der Waals surface area (Å²) in [5, 5.41) is 8.27. The lowest BCUT2D eigenvalue weighted by molar-refractivity contribution is 0.0951. The van der Waals surface area contributed by atoms with Crippen LogP contribution in [0.1, 0.15) is 46.9 Å². The molecule has 1 fully saturated rings. The van der Waals surface area contributed by atoms with E-state index in [0.29, 0.717) is 35.2 Å². The number of amides is 1. The van der Waals surface area contributed by atoms with Gasteiger partial charge in [0.25, 0.3) is 11.5 Å². The second kappa shape index (κ2) is 7.12. The molecule has 0 saturated heterocycles. The summed E-state index contributed by atoms with van der Waals surface area (Å²) in [6.07, 6.45) is 4.40. The Balaban J connectivity index is 1.58. The zero-order chi connectivity index (χ0) is 20.0. The second-order valence-electron chi connectivity index (χ2n) is 7.92. The molecule has 2 aliphatic rings. The number of benzene rings is 2. The smallest absolute Gasteiger partial charge is 0.275 e. The highest BCUT2D eigenvalue weighted by Gasteiger charge is 2.38. The molecule has 0 radical (unpaired) electrons. The Kier molecular flexibility index (Phi) is 4.43. The van der Waals surface area contributed by atoms with Crippen molar-refractivity contribution in [1.82, 2.24) is 20.0 Å². The Morgan fingerprint density at radius 3 is 2.59 bits per heavy atom. The van der Waals surface area contributed by atoms with Gasteiger partial charge in [-0.25, -0.2) is 4.68 Å². The summed E-state index contributed by atoms with van der Waals surface area (Å²) in [6.45, 7) is 0.400. The first-order valence-electron chi connectivity index (χ1n) is 10.2. The highest BCUT2D eigenvalue weighted by Crippen LogP contribution is 2.41. The number of carbonyl (C=O) groups excluding carboxylic acids is 1. The minimum absolute atomic E-state index is 0.148. The molecule has 1 heterocycles. The summed E-state index contributed by atoms with van der Waals surface area (Å²) in [6, 6.07) is 16.6. The Morgan fingerprint density at radius 2 is 1.83 bits per heavy atom. The van der Waals surface area contributed by atoms with E-state index in [1.54, 1.807) is 19.2 Å². The Labute approximate surface area is 169 Å². The number of fused-ring (bicyclic) bond motifs is 2. The van der Waals surface area contributed by atoms with Gasteiger partial charge in [-0.1, -0.05) is 42.5 Å². The van der Waals surface area contributed by atoms with E-state index in [0.717, 1.165) is 25.7 Å². The molecule has 2 aromatic carbocycles. The highest BCUT2D eigenvalue weighted by atomic mass is 16.2. The van der Waals surface area contributed by atoms with Crippen LogP contribution < -0.4 is 10.9 Å². The zero-order valence-corrected chi connectivity index (χ0v) is 16.5. The lowest BCUT2D eigenvalue weighted by Crippen LogP contribution is -2.38. The van der Waals surface area contributed by atoms with Gasteiger partial charge in [0, 0.05) is 24.5 Å². The fourth-order valence-electron chi connectivity index (χ4n) is 4.53. The highest BCUT2D eigenvalue weighted by molar-refractivity contribution is 6.04. The molecule has 6 heteroatoms. The lowest BCUT2D eigenvalue weighted by atomic mass is 10.1. The molecule has 2 aliphatic carbocycles. The van der Waals surface area contributed by atoms with E-state index < -0.39 is 0 Å². The molecular formula is C23H24N4O2. The Bertz CT molecular complexity index is 1150. The number of aryl methyl sites for hydroxylation is 1. The molecule has 1 saturated carbocycles. The van der Waals surface area contributed by atoms with E-state index >= 15 is 0 Å². The average Bonchev–Trinajstić information content (AvgIpc) is 3.52. The van der Waals surface area contributed by atoms with Crippen LogP contribution in [0.4, 0.5) is 0 Å². The molecule has 5 rings (SSSR count). The van der Waals surface area contributed by atoms with Gasteiger partial charge in [-0.15, -0.1) is 0 Å². The van der Waals surface area contributed by atoms with Crippen molar-refractivity contribution in [2.45, 2.75) is 44.4 Å². The van der Waals surface area contributed by atoms with Crippen molar-refractivity contribution in [3.63, 3.8) is 0 Å². The van der Waals surface area contributed by atoms with Gasteiger partial charge in [0.2, 0.25) is 0 Å². The number of hydrogen-bond acceptors (Lipinski definition) is 4. The normalized spacial score (nSPS) is 18.2. The van der Waals surface area contributed by atoms with Crippen LogP contribution in [0.2, 0.25) is 0 Å². The quantitative estimate of drug-likeness (QED) is 0.730. The first-order chi connectivity index (χ1) is 14.2. The van der Waals surface area contributed by atoms with Crippen LogP contribution in [-0.4, -0.2) is 33.7 Å². The third-order valence-electron chi connectivity index (χ3n) is 6.12. The number of nitrogens with one attached hydrogen (secondary N) is 1. The van der Waals surface area contributed by atoms with Gasteiger partial charge in [-0.3, -0.25) is 14.5 Å². The zero-order valence-electron chi connectivity index (χ0n) is 16.5. The average molecular weight is 388 g/mol. The van der Waals surface area contributed by atoms with Gasteiger partial charge in [0.15, 0.2) is 5.69 Å². The molecule has 1 N–H and O–H groups in total. The number of hydrogen-bond donors (Lipinski definition) is 1. The van der Waals surface area contributed by atoms with E-state index in [1.165, 1.54) is 15.8 Å². The van der Waals surface area contributed by atoms with E-state index in [2.05, 4.69) is 39.6 Å². The summed E-state index contributed by atoms with van der Waals surface area (Å²) in [5.41, 5.74) is 2.91. The molecule has 0 aliphatic heterocycles. The first kappa shape index (κ1) is 18.1. The largest absolute Gasteiger partial charge is 0.354 e. The van der Waals surface area contributed by atoms with Gasteiger partial charge >= 0.3 is 0 Å². The standard InChI is InChI=1S/C23H24N4O2/c1-24-22(28)21-18-8-4-5-9-19(18)23(29)27(25-21)14-26(16-11-12-16)20-13-10-15-6-2-3-7-17(15)20/h2-9,16,20H,10-14H2,1H3,(H,24,28). The maximum Gasteiger partial charge on any atom is 0.275 e. The number of nitrogens with zero attached hydrogens (tertiary/aromatic N) is 3. The monoisotopic (exact) mass is 388 g/mol. The van der Waals surface area contributed by atoms with Gasteiger partial charge in [0.1, 0.15) is 0 Å². The first-order valence-corrected chi connectivity index (χ1v) is 10.2. The molecular weight excluding hydrogens is 364 g/mol. The van der Waals surface area contributed by atoms with Crippen molar-refractivity contribution in [2.75, 3.05) is 7.05 Å². The lowest BCUT2D eigenvalue weighted by Gasteiger charge is -2.30. The maximum atomic E-state index is 13.2. The number of carbonyl (C=O) groups is 1. The minimum Gasteiger partial charge on any atom is -0.354 e. The molecule has 1 unspecified atom stereocenters. The summed E-state index contributed by atoms with van der Waals surface area (Å²) >= 11 is 0. The van der Waals surface area contributed by atoms with Crippen molar-refractivity contribution in [2.24, 2.45) is 0 Å². The van der Waals surface area contributed by atoms with E-state index in [-0.39, 0.29) is 11.5 Å². The van der Waals surface area contributed by atoms with E-state index in [1.807, 2.05) is 12.1 Å². The van der Waals surface area contributed by atoms with Crippen molar-refractivity contribution in [3.05, 3.63) is 75.7 Å². The Morgan fingerprint density at radius 1 is 1.10 bits per heavy atom. The van der Waals surface area contributed by atoms with E-state index in [9.17, 15) is 9.59 Å². The molecule has 3 aromatic rings. The van der Waals surface area contributed by atoms with Crippen LogP contribution in [0.15, 0.2) is 53.3 Å². The van der Waals surface area contributed by atoms with Gasteiger partial charge in [0.05, 0.1) is 12.1 Å². The topological polar surface area (TPSA) is 67.2 Å². The van der Waals surface area contributed by atoms with Crippen molar-refractivity contribution in [1.29, 1.82) is 0 Å². The summed E-state index contributed by atoms with van der Waals surface area (Å²) < 4.78 is 1.48. The summed E-state index contributed by atoms with van der Waals surface area (Å²) in [7, 11) is 1.58. The molecule has 6 nitrogen and oxygen atoms in total. The SMILES string of the molecule is CNC(=O)c1nn(CN(C2CC2)C2CCc3ccccc32)c(=O)c2ccccc12. The van der Waals surface area contributed by atoms with Gasteiger partial charge < -0.3 is 5.32 Å². The fourth-order valence-corrected chi connectivity index (χ4v) is 4.53. The number of aromatic nitrogens is 2. The van der Waals surface area contributed by atoms with Crippen molar-refractivity contribution < 1.29 is 4.79 Å². The van der Waals surface area contributed by atoms with Crippen LogP contribution in [0.25, 0.3) is 10.8 Å². The number of rotatable bonds is 5. The fraction of sp³-hybridized carbons (Fsp3) is 0.348. The molecule has 0 spiro atoms. The second-order valence-corrected chi connectivity index (χ2v) is 7.92. The van der Waals surface area contributed by atoms with Gasteiger partial charge in [-0.05, 0) is 42.9 Å². The Hall–Kier alpha value is -2.99. The summed E-state index contributed by atoms with van der Waals surface area (Å²) in [4.78, 5) is 28.0. The maximum absolute atomic E-state index is 13.2. The predicted octanol–water partition coefficient (Wildman–Crippen LogP) is 2.87. The van der Waals surface area contributed by atoms with Gasteiger partial charge in [-0.2, -0.15) is 5.10 Å². The summed E-state index contributed by atoms with van der Waals surface area (Å²) in [5.74, 6) is -0.279. The van der Waals surface area contributed by atoms with E-state index in [4.69, 9.17) is 0 Å². The minimum atomic E-state index is -0.279. The molecule has 1 aromatic heterocycles. The van der Waals surface area contributed by atoms with Crippen LogP contribution in [0, 0.1) is 0 Å². The van der Waals surface area contributed by atoms with Crippen LogP contribution >= 0.6 is 0 Å². The third kappa shape index (κ3) is 3.13. The van der Waals surface area contributed by atoms with Crippen molar-refractivity contribution >= 4 is 16.7 Å².